The van der Waals surface area contributed by atoms with Gasteiger partial charge in [0.1, 0.15) is 0 Å². The van der Waals surface area contributed by atoms with Crippen LogP contribution in [0.1, 0.15) is 13.8 Å². The van der Waals surface area contributed by atoms with E-state index in [2.05, 4.69) is 21.5 Å². The summed E-state index contributed by atoms with van der Waals surface area (Å²) in [6, 6.07) is 0. The third-order valence-electron chi connectivity index (χ3n) is 0.333. The fraction of sp³-hybridized carbons (Fsp3) is 0.800. The molecular formula is C5H14K2N2O5. The first-order valence-corrected chi connectivity index (χ1v) is 3.08. The van der Waals surface area contributed by atoms with Crippen molar-refractivity contribution in [2.24, 2.45) is 11.8 Å². The first-order chi connectivity index (χ1) is 5.56. The Balaban J connectivity index is -0.0000000270. The van der Waals surface area contributed by atoms with Crippen LogP contribution in [-0.2, 0) is 9.68 Å². The topological polar surface area (TPSA) is 134 Å². The molecule has 0 aliphatic rings. The quantitative estimate of drug-likeness (QED) is 0.372. The van der Waals surface area contributed by atoms with Crippen LogP contribution in [0.15, 0.2) is 0 Å². The predicted molar refractivity (Wildman–Crippen MR) is 37.0 cm³/mol. The van der Waals surface area contributed by atoms with Gasteiger partial charge in [-0.25, -0.2) is 11.8 Å². The Labute approximate surface area is 169 Å². The van der Waals surface area contributed by atoms with Crippen molar-refractivity contribution in [3.63, 3.8) is 0 Å². The number of hydrogen-bond donors (Lipinski definition) is 2. The van der Waals surface area contributed by atoms with Crippen molar-refractivity contribution >= 4 is 6.16 Å². The standard InChI is InChI=1S/2C2H7NO.CH2O3.2K/c2*1-2-4-3;2-1(3)4;;/h2*2-3H2,1H3;(H2,2,3,4);;/q;;;2*+1/p-2. The maximum absolute atomic E-state index is 8.33. The molecule has 7 nitrogen and oxygen atoms in total. The second-order valence-electron chi connectivity index (χ2n) is 1.16. The van der Waals surface area contributed by atoms with Crippen LogP contribution in [0.5, 0.6) is 0 Å². The zero-order chi connectivity index (χ0) is 10.4. The Morgan fingerprint density at radius 2 is 1.14 bits per heavy atom. The number of carbonyl (C=O) groups excluding carboxylic acids is 1. The van der Waals surface area contributed by atoms with Crippen molar-refractivity contribution in [1.29, 1.82) is 0 Å². The van der Waals surface area contributed by atoms with Crippen LogP contribution < -0.4 is 125 Å². The molecule has 0 aliphatic heterocycles. The van der Waals surface area contributed by atoms with E-state index in [9.17, 15) is 0 Å². The fourth-order valence-corrected chi connectivity index (χ4v) is 0. The molecule has 76 valence electrons. The Hall–Kier alpha value is 2.38. The van der Waals surface area contributed by atoms with Crippen molar-refractivity contribution in [3.05, 3.63) is 0 Å². The first kappa shape index (κ1) is 29.9. The Kier molecular flexibility index (Phi) is 77.2. The van der Waals surface area contributed by atoms with E-state index in [0.29, 0.717) is 13.2 Å². The van der Waals surface area contributed by atoms with Gasteiger partial charge in [-0.1, -0.05) is 0 Å². The molecule has 0 saturated heterocycles. The molecule has 0 amide bonds. The van der Waals surface area contributed by atoms with Crippen LogP contribution in [0.2, 0.25) is 0 Å². The summed E-state index contributed by atoms with van der Waals surface area (Å²) < 4.78 is 0. The van der Waals surface area contributed by atoms with E-state index >= 15 is 0 Å². The number of nitrogens with two attached hydrogens (primary N) is 2. The zero-order valence-electron chi connectivity index (χ0n) is 9.11. The number of hydrogen-bond acceptors (Lipinski definition) is 7. The second-order valence-corrected chi connectivity index (χ2v) is 1.16. The SMILES string of the molecule is CCON.CCON.O=C([O-])[O-].[K+].[K+]. The van der Waals surface area contributed by atoms with Crippen molar-refractivity contribution in [3.8, 4) is 0 Å². The number of carbonyl (C=O) groups is 1. The molecule has 0 aliphatic carbocycles. The minimum atomic E-state index is -2.33. The summed E-state index contributed by atoms with van der Waals surface area (Å²) in [6.07, 6.45) is -2.33. The minimum Gasteiger partial charge on any atom is -0.652 e. The predicted octanol–water partition coefficient (Wildman–Crippen LogP) is -8.65. The molecule has 0 bridgehead atoms. The average molecular weight is 260 g/mol. The van der Waals surface area contributed by atoms with Gasteiger partial charge in [-0.15, -0.1) is 0 Å². The molecule has 4 N–H and O–H groups in total. The van der Waals surface area contributed by atoms with Crippen molar-refractivity contribution in [2.45, 2.75) is 13.8 Å². The maximum atomic E-state index is 8.33. The molecule has 0 spiro atoms. The molecule has 0 saturated carbocycles. The summed E-state index contributed by atoms with van der Waals surface area (Å²) in [4.78, 5) is 16.4. The van der Waals surface area contributed by atoms with E-state index in [0.717, 1.165) is 0 Å². The van der Waals surface area contributed by atoms with Gasteiger partial charge < -0.3 is 24.7 Å². The minimum absolute atomic E-state index is 0. The van der Waals surface area contributed by atoms with E-state index in [4.69, 9.17) is 15.0 Å². The normalized spacial score (nSPS) is 6.00. The molecule has 0 unspecified atom stereocenters. The zero-order valence-corrected chi connectivity index (χ0v) is 15.4. The molecule has 0 rings (SSSR count). The summed E-state index contributed by atoms with van der Waals surface area (Å²) in [5.74, 6) is 9.06. The smallest absolute Gasteiger partial charge is 0.652 e. The first-order valence-electron chi connectivity index (χ1n) is 3.08. The summed E-state index contributed by atoms with van der Waals surface area (Å²) in [5, 5.41) is 16.7. The van der Waals surface area contributed by atoms with Crippen LogP contribution in [0.3, 0.4) is 0 Å². The second kappa shape index (κ2) is 36.1. The van der Waals surface area contributed by atoms with Crippen LogP contribution in [0.4, 0.5) is 4.79 Å². The van der Waals surface area contributed by atoms with Gasteiger partial charge in [0.05, 0.1) is 13.2 Å². The van der Waals surface area contributed by atoms with E-state index in [1.54, 1.807) is 0 Å². The van der Waals surface area contributed by atoms with Gasteiger partial charge in [0.15, 0.2) is 0 Å². The van der Waals surface area contributed by atoms with Gasteiger partial charge in [0.2, 0.25) is 0 Å². The monoisotopic (exact) mass is 260 g/mol. The third kappa shape index (κ3) is 134. The van der Waals surface area contributed by atoms with E-state index in [1.807, 2.05) is 13.8 Å². The van der Waals surface area contributed by atoms with Crippen LogP contribution >= 0.6 is 0 Å². The largest absolute Gasteiger partial charge is 1.00 e. The summed E-state index contributed by atoms with van der Waals surface area (Å²) >= 11 is 0. The molecule has 9 heteroatoms. The van der Waals surface area contributed by atoms with E-state index in [-0.39, 0.29) is 103 Å². The molecule has 14 heavy (non-hydrogen) atoms. The van der Waals surface area contributed by atoms with Gasteiger partial charge in [0, 0.05) is 0 Å². The van der Waals surface area contributed by atoms with Crippen LogP contribution in [0.25, 0.3) is 0 Å². The molecule has 0 fully saturated rings. The van der Waals surface area contributed by atoms with Gasteiger partial charge in [-0.05, 0) is 20.0 Å². The average Bonchev–Trinajstić information content (AvgIpc) is 2.03. The summed E-state index contributed by atoms with van der Waals surface area (Å²) in [6.45, 7) is 4.86. The Morgan fingerprint density at radius 3 is 1.14 bits per heavy atom. The van der Waals surface area contributed by atoms with E-state index < -0.39 is 6.16 Å². The molecule has 0 aromatic heterocycles. The van der Waals surface area contributed by atoms with Gasteiger partial charge in [0.25, 0.3) is 0 Å². The van der Waals surface area contributed by atoms with Crippen molar-refractivity contribution in [1.82, 2.24) is 0 Å². The van der Waals surface area contributed by atoms with Gasteiger partial charge in [-0.3, -0.25) is 0 Å². The molecule has 0 aromatic rings. The van der Waals surface area contributed by atoms with Gasteiger partial charge >= 0.3 is 103 Å². The summed E-state index contributed by atoms with van der Waals surface area (Å²) in [5.41, 5.74) is 0. The molecule has 0 aromatic carbocycles. The van der Waals surface area contributed by atoms with Gasteiger partial charge in [-0.2, -0.15) is 0 Å². The van der Waals surface area contributed by atoms with E-state index in [1.165, 1.54) is 0 Å². The van der Waals surface area contributed by atoms with Crippen LogP contribution in [-0.4, -0.2) is 19.4 Å². The molecule has 0 atom stereocenters. The maximum Gasteiger partial charge on any atom is 1.00 e. The third-order valence-corrected chi connectivity index (χ3v) is 0.333. The molecule has 0 heterocycles. The summed E-state index contributed by atoms with van der Waals surface area (Å²) in [7, 11) is 0. The molecular weight excluding hydrogens is 246 g/mol. The van der Waals surface area contributed by atoms with Crippen LogP contribution in [0, 0.1) is 0 Å². The van der Waals surface area contributed by atoms with Crippen molar-refractivity contribution < 1.29 is 127 Å². The molecule has 0 radical (unpaired) electrons. The number of carboxylic acid groups (broad SMARTS) is 2. The number of rotatable bonds is 2. The van der Waals surface area contributed by atoms with Crippen molar-refractivity contribution in [2.75, 3.05) is 13.2 Å². The Bertz CT molecular complexity index is 76.5. The fourth-order valence-electron chi connectivity index (χ4n) is 0. The Morgan fingerprint density at radius 1 is 1.07 bits per heavy atom.